The minimum Gasteiger partial charge on any atom is -0.287 e. The number of aromatic nitrogens is 2. The highest BCUT2D eigenvalue weighted by atomic mass is 32.1. The summed E-state index contributed by atoms with van der Waals surface area (Å²) in [5, 5.41) is 0. The Balaban J connectivity index is 2.04. The summed E-state index contributed by atoms with van der Waals surface area (Å²) in [5.74, 6) is 1.31. The lowest BCUT2D eigenvalue weighted by atomic mass is 9.81. The maximum atomic E-state index is 4.71. The molecule has 1 fully saturated rings. The van der Waals surface area contributed by atoms with Crippen LogP contribution < -0.4 is 0 Å². The highest BCUT2D eigenvalue weighted by Crippen LogP contribution is 2.26. The topological polar surface area (TPSA) is 38.1 Å². The molecule has 2 atom stereocenters. The van der Waals surface area contributed by atoms with Crippen LogP contribution in [-0.4, -0.2) is 14.5 Å². The van der Waals surface area contributed by atoms with Crippen LogP contribution in [0.15, 0.2) is 11.2 Å². The first-order chi connectivity index (χ1) is 7.27. The Bertz CT molecular complexity index is 320. The number of nitrogens with zero attached hydrogens (tertiary/aromatic N) is 3. The molecule has 15 heavy (non-hydrogen) atoms. The quantitative estimate of drug-likeness (QED) is 0.773. The molecule has 2 unspecified atom stereocenters. The third-order valence-electron chi connectivity index (χ3n) is 3.11. The first-order valence-electron chi connectivity index (χ1n) is 5.58. The number of hydrogen-bond acceptors (Lipinski definition) is 4. The van der Waals surface area contributed by atoms with Gasteiger partial charge >= 0.3 is 0 Å². The fourth-order valence-corrected chi connectivity index (χ4v) is 2.68. The number of hydrogen-bond donors (Lipinski definition) is 0. The Kier molecular flexibility index (Phi) is 3.46. The van der Waals surface area contributed by atoms with Gasteiger partial charge in [0, 0.05) is 5.71 Å². The van der Waals surface area contributed by atoms with E-state index in [0.29, 0.717) is 18.4 Å². The van der Waals surface area contributed by atoms with Gasteiger partial charge < -0.3 is 0 Å². The first-order valence-corrected chi connectivity index (χ1v) is 6.31. The summed E-state index contributed by atoms with van der Waals surface area (Å²) in [6.45, 7) is 5.28. The van der Waals surface area contributed by atoms with Gasteiger partial charge in [-0.15, -0.1) is 0 Å². The second kappa shape index (κ2) is 4.84. The monoisotopic (exact) mass is 223 g/mol. The van der Waals surface area contributed by atoms with Crippen LogP contribution in [0.1, 0.15) is 38.8 Å². The van der Waals surface area contributed by atoms with E-state index >= 15 is 0 Å². The van der Waals surface area contributed by atoms with Crippen molar-refractivity contribution in [2.24, 2.45) is 16.8 Å². The average Bonchev–Trinajstić information content (AvgIpc) is 2.70. The summed E-state index contributed by atoms with van der Waals surface area (Å²) in [7, 11) is 0. The van der Waals surface area contributed by atoms with E-state index in [0.717, 1.165) is 5.69 Å². The lowest BCUT2D eigenvalue weighted by molar-refractivity contribution is 0.485. The summed E-state index contributed by atoms with van der Waals surface area (Å²) >= 11 is 1.26. The molecular formula is C11H17N3S. The largest absolute Gasteiger partial charge is 0.287 e. The van der Waals surface area contributed by atoms with Gasteiger partial charge in [-0.25, -0.2) is 0 Å². The van der Waals surface area contributed by atoms with Crippen LogP contribution in [0.3, 0.4) is 0 Å². The van der Waals surface area contributed by atoms with Crippen molar-refractivity contribution in [2.45, 2.75) is 39.7 Å². The molecule has 1 saturated carbocycles. The Morgan fingerprint density at radius 3 is 2.73 bits per heavy atom. The molecule has 1 aliphatic carbocycles. The van der Waals surface area contributed by atoms with Gasteiger partial charge in [-0.05, 0) is 24.7 Å². The van der Waals surface area contributed by atoms with Crippen LogP contribution in [0.4, 0.5) is 0 Å². The molecule has 1 aliphatic rings. The number of rotatable bonds is 2. The fraction of sp³-hybridized carbons (Fsp3) is 0.727. The molecule has 0 N–H and O–H groups in total. The second-order valence-corrected chi connectivity index (χ2v) is 4.93. The van der Waals surface area contributed by atoms with Crippen molar-refractivity contribution < 1.29 is 0 Å². The molecule has 1 aromatic rings. The maximum absolute atomic E-state index is 4.71. The van der Waals surface area contributed by atoms with Crippen LogP contribution in [-0.2, 0) is 6.54 Å². The van der Waals surface area contributed by atoms with Gasteiger partial charge in [-0.3, -0.25) is 4.99 Å². The molecule has 4 heteroatoms. The van der Waals surface area contributed by atoms with Crippen molar-refractivity contribution in [3.63, 3.8) is 0 Å². The molecule has 3 nitrogen and oxygen atoms in total. The molecule has 0 amide bonds. The average molecular weight is 223 g/mol. The van der Waals surface area contributed by atoms with Gasteiger partial charge in [0.05, 0.1) is 30.2 Å². The molecule has 82 valence electrons. The highest BCUT2D eigenvalue weighted by molar-refractivity contribution is 6.99. The van der Waals surface area contributed by atoms with Crippen LogP contribution in [0, 0.1) is 11.8 Å². The zero-order chi connectivity index (χ0) is 10.7. The first kappa shape index (κ1) is 10.7. The van der Waals surface area contributed by atoms with E-state index in [-0.39, 0.29) is 0 Å². The fourth-order valence-electron chi connectivity index (χ4n) is 2.25. The predicted molar refractivity (Wildman–Crippen MR) is 63.2 cm³/mol. The molecule has 2 rings (SSSR count). The van der Waals surface area contributed by atoms with Crippen LogP contribution in [0.25, 0.3) is 0 Å². The van der Waals surface area contributed by atoms with Gasteiger partial charge in [0.15, 0.2) is 0 Å². The van der Waals surface area contributed by atoms with Gasteiger partial charge in [0.1, 0.15) is 0 Å². The zero-order valence-corrected chi connectivity index (χ0v) is 10.1. The van der Waals surface area contributed by atoms with Crippen molar-refractivity contribution in [3.8, 4) is 0 Å². The number of aliphatic imine (C=N–C) groups is 1. The van der Waals surface area contributed by atoms with E-state index in [1.807, 2.05) is 6.20 Å². The molecule has 1 heterocycles. The van der Waals surface area contributed by atoms with Crippen LogP contribution in [0.5, 0.6) is 0 Å². The minimum absolute atomic E-state index is 0.653. The molecule has 0 aromatic carbocycles. The molecule has 0 spiro atoms. The molecular weight excluding hydrogens is 206 g/mol. The summed E-state index contributed by atoms with van der Waals surface area (Å²) in [6, 6.07) is 0. The van der Waals surface area contributed by atoms with E-state index in [1.54, 1.807) is 0 Å². The van der Waals surface area contributed by atoms with Gasteiger partial charge in [0.25, 0.3) is 0 Å². The standard InChI is InChI=1S/C11H17N3S/c1-8-4-3-5-9(2)11(8)12-6-10-7-13-15-14-10/h7-9H,3-6H2,1-2H3. The van der Waals surface area contributed by atoms with E-state index in [9.17, 15) is 0 Å². The molecule has 1 aromatic heterocycles. The lowest BCUT2D eigenvalue weighted by Gasteiger charge is -2.26. The molecule has 0 saturated heterocycles. The molecule has 0 bridgehead atoms. The Morgan fingerprint density at radius 1 is 1.40 bits per heavy atom. The summed E-state index contributed by atoms with van der Waals surface area (Å²) < 4.78 is 8.16. The van der Waals surface area contributed by atoms with Crippen LogP contribution in [0.2, 0.25) is 0 Å². The maximum Gasteiger partial charge on any atom is 0.0957 e. The third kappa shape index (κ3) is 2.62. The van der Waals surface area contributed by atoms with E-state index < -0.39 is 0 Å². The van der Waals surface area contributed by atoms with E-state index in [1.165, 1.54) is 36.7 Å². The molecule has 0 radical (unpaired) electrons. The predicted octanol–water partition coefficient (Wildman–Crippen LogP) is 2.94. The van der Waals surface area contributed by atoms with Crippen LogP contribution >= 0.6 is 11.7 Å². The summed E-state index contributed by atoms with van der Waals surface area (Å²) in [4.78, 5) is 4.71. The zero-order valence-electron chi connectivity index (χ0n) is 9.31. The molecule has 0 aliphatic heterocycles. The smallest absolute Gasteiger partial charge is 0.0957 e. The van der Waals surface area contributed by atoms with Gasteiger partial charge in [-0.1, -0.05) is 20.3 Å². The summed E-state index contributed by atoms with van der Waals surface area (Å²) in [6.07, 6.45) is 5.74. The van der Waals surface area contributed by atoms with E-state index in [4.69, 9.17) is 4.99 Å². The lowest BCUT2D eigenvalue weighted by Crippen LogP contribution is -2.24. The highest BCUT2D eigenvalue weighted by Gasteiger charge is 2.22. The van der Waals surface area contributed by atoms with E-state index in [2.05, 4.69) is 22.6 Å². The minimum atomic E-state index is 0.653. The Morgan fingerprint density at radius 2 is 2.13 bits per heavy atom. The van der Waals surface area contributed by atoms with Crippen molar-refractivity contribution in [1.82, 2.24) is 8.75 Å². The van der Waals surface area contributed by atoms with Crippen molar-refractivity contribution in [3.05, 3.63) is 11.9 Å². The van der Waals surface area contributed by atoms with Crippen molar-refractivity contribution >= 4 is 17.4 Å². The Labute approximate surface area is 95.0 Å². The normalized spacial score (nSPS) is 26.7. The van der Waals surface area contributed by atoms with Crippen molar-refractivity contribution in [2.75, 3.05) is 0 Å². The van der Waals surface area contributed by atoms with Crippen molar-refractivity contribution in [1.29, 1.82) is 0 Å². The Hall–Kier alpha value is -0.770. The summed E-state index contributed by atoms with van der Waals surface area (Å²) in [5.41, 5.74) is 2.38. The van der Waals surface area contributed by atoms with Gasteiger partial charge in [-0.2, -0.15) is 8.75 Å². The third-order valence-corrected chi connectivity index (χ3v) is 3.63. The SMILES string of the molecule is CC1CCCC(C)C1=NCc1cnsn1. The second-order valence-electron chi connectivity index (χ2n) is 4.37. The van der Waals surface area contributed by atoms with Gasteiger partial charge in [0.2, 0.25) is 0 Å².